The van der Waals surface area contributed by atoms with Gasteiger partial charge in [-0.3, -0.25) is 0 Å². The van der Waals surface area contributed by atoms with Gasteiger partial charge in [0.1, 0.15) is 30.2 Å². The molecule has 8 nitrogen and oxygen atoms in total. The molecule has 0 saturated carbocycles. The monoisotopic (exact) mass is 444 g/mol. The van der Waals surface area contributed by atoms with E-state index in [-0.39, 0.29) is 5.25 Å². The lowest BCUT2D eigenvalue weighted by molar-refractivity contribution is -0.277. The number of hydrogen-bond acceptors (Lipinski definition) is 9. The zero-order valence-corrected chi connectivity index (χ0v) is 17.3. The number of hydrogen-bond donors (Lipinski definition) is 5. The van der Waals surface area contributed by atoms with E-state index in [4.69, 9.17) is 15.2 Å². The molecule has 0 aliphatic carbocycles. The van der Waals surface area contributed by atoms with Crippen LogP contribution in [0.1, 0.15) is 16.4 Å². The number of aliphatic hydroxyl groups is 4. The molecular weight excluding hydrogens is 420 g/mol. The van der Waals surface area contributed by atoms with Gasteiger partial charge in [-0.25, -0.2) is 4.99 Å². The molecule has 164 valence electrons. The van der Waals surface area contributed by atoms with Gasteiger partial charge >= 0.3 is 0 Å². The van der Waals surface area contributed by atoms with Crippen LogP contribution in [0.3, 0.4) is 0 Å². The fraction of sp³-hybridized carbons (Fsp3) is 0.318. The van der Waals surface area contributed by atoms with Crippen LogP contribution in [0.5, 0.6) is 5.75 Å². The number of aliphatic hydroxyl groups excluding tert-OH is 4. The van der Waals surface area contributed by atoms with Crippen molar-refractivity contribution >= 4 is 22.6 Å². The molecule has 0 bridgehead atoms. The molecule has 1 unspecified atom stereocenters. The average Bonchev–Trinajstić information content (AvgIpc) is 2.80. The highest BCUT2D eigenvalue weighted by atomic mass is 32.2. The smallest absolute Gasteiger partial charge is 0.229 e. The van der Waals surface area contributed by atoms with Gasteiger partial charge in [-0.05, 0) is 29.3 Å². The quantitative estimate of drug-likeness (QED) is 0.461. The maximum Gasteiger partial charge on any atom is 0.229 e. The molecule has 2 heterocycles. The van der Waals surface area contributed by atoms with Gasteiger partial charge in [-0.15, -0.1) is 0 Å². The highest BCUT2D eigenvalue weighted by Gasteiger charge is 2.44. The molecule has 1 saturated heterocycles. The van der Waals surface area contributed by atoms with Gasteiger partial charge in [0.15, 0.2) is 5.17 Å². The standard InChI is InChI=1S/C22H24N2O6S/c23-22-24-15(12-4-2-1-3-5-12)10-17(31-22)13-6-8-14(9-7-13)29-21-20(28)19(27)18(26)16(11-25)30-21/h1-10,16-21,25-28H,11H2,(H2,23,24)/t16-,17?,18-,19-,20-,21-/m1/s1. The summed E-state index contributed by atoms with van der Waals surface area (Å²) in [4.78, 5) is 4.44. The molecule has 6 atom stereocenters. The van der Waals surface area contributed by atoms with Crippen molar-refractivity contribution < 1.29 is 29.9 Å². The number of nitrogens with two attached hydrogens (primary N) is 1. The summed E-state index contributed by atoms with van der Waals surface area (Å²) < 4.78 is 11.0. The van der Waals surface area contributed by atoms with Crippen LogP contribution in [-0.4, -0.2) is 62.9 Å². The molecular formula is C22H24N2O6S. The zero-order valence-electron chi connectivity index (χ0n) is 16.5. The fourth-order valence-electron chi connectivity index (χ4n) is 3.46. The molecule has 6 N–H and O–H groups in total. The van der Waals surface area contributed by atoms with Gasteiger partial charge in [0.25, 0.3) is 0 Å². The van der Waals surface area contributed by atoms with E-state index in [2.05, 4.69) is 4.99 Å². The van der Waals surface area contributed by atoms with Crippen LogP contribution in [0.25, 0.3) is 5.70 Å². The summed E-state index contributed by atoms with van der Waals surface area (Å²) in [7, 11) is 0. The lowest BCUT2D eigenvalue weighted by Gasteiger charge is -2.39. The minimum atomic E-state index is -1.49. The highest BCUT2D eigenvalue weighted by molar-refractivity contribution is 8.14. The van der Waals surface area contributed by atoms with Gasteiger partial charge in [0, 0.05) is 0 Å². The van der Waals surface area contributed by atoms with Crippen molar-refractivity contribution in [1.82, 2.24) is 0 Å². The molecule has 0 spiro atoms. The van der Waals surface area contributed by atoms with E-state index in [1.165, 1.54) is 11.8 Å². The first-order chi connectivity index (χ1) is 15.0. The summed E-state index contributed by atoms with van der Waals surface area (Å²) in [5.41, 5.74) is 8.83. The van der Waals surface area contributed by atoms with Crippen LogP contribution in [0, 0.1) is 0 Å². The fourth-order valence-corrected chi connectivity index (χ4v) is 4.36. The lowest BCUT2D eigenvalue weighted by Crippen LogP contribution is -2.60. The van der Waals surface area contributed by atoms with Crippen molar-refractivity contribution in [2.75, 3.05) is 6.61 Å². The Labute approximate surface area is 183 Å². The van der Waals surface area contributed by atoms with E-state index in [1.807, 2.05) is 48.5 Å². The van der Waals surface area contributed by atoms with Gasteiger partial charge in [0.05, 0.1) is 17.6 Å². The molecule has 0 radical (unpaired) electrons. The van der Waals surface area contributed by atoms with Crippen molar-refractivity contribution in [2.45, 2.75) is 36.0 Å². The Morgan fingerprint density at radius 3 is 2.35 bits per heavy atom. The second-order valence-corrected chi connectivity index (χ2v) is 8.45. The minimum absolute atomic E-state index is 0.0333. The second kappa shape index (κ2) is 9.39. The Kier molecular flexibility index (Phi) is 6.61. The average molecular weight is 445 g/mol. The van der Waals surface area contributed by atoms with Crippen LogP contribution in [-0.2, 0) is 4.74 Å². The first-order valence-corrected chi connectivity index (χ1v) is 10.7. The van der Waals surface area contributed by atoms with Crippen LogP contribution in [0.15, 0.2) is 65.7 Å². The molecule has 2 aromatic carbocycles. The normalized spacial score (nSPS) is 31.0. The van der Waals surface area contributed by atoms with Gasteiger partial charge in [0.2, 0.25) is 6.29 Å². The topological polar surface area (TPSA) is 138 Å². The summed E-state index contributed by atoms with van der Waals surface area (Å²) in [6, 6.07) is 17.0. The molecule has 2 aliphatic heterocycles. The third-order valence-electron chi connectivity index (χ3n) is 5.17. The van der Waals surface area contributed by atoms with Crippen LogP contribution in [0.2, 0.25) is 0 Å². The van der Waals surface area contributed by atoms with Crippen molar-refractivity contribution in [3.63, 3.8) is 0 Å². The summed E-state index contributed by atoms with van der Waals surface area (Å²) >= 11 is 1.44. The SMILES string of the molecule is NC1=NC(c2ccccc2)=CC(c2ccc(O[C@@H]3O[C@H](CO)[C@@H](O)[C@@H](O)[C@H]3O)cc2)S1. The molecule has 4 rings (SSSR count). The summed E-state index contributed by atoms with van der Waals surface area (Å²) in [5.74, 6) is 0.405. The van der Waals surface area contributed by atoms with Crippen LogP contribution in [0.4, 0.5) is 0 Å². The Bertz CT molecular complexity index is 950. The highest BCUT2D eigenvalue weighted by Crippen LogP contribution is 2.38. The van der Waals surface area contributed by atoms with Gasteiger partial charge in [-0.1, -0.05) is 54.2 Å². The number of benzene rings is 2. The molecule has 2 aromatic rings. The predicted octanol–water partition coefficient (Wildman–Crippen LogP) is 1.01. The molecule has 1 fully saturated rings. The Morgan fingerprint density at radius 1 is 0.968 bits per heavy atom. The van der Waals surface area contributed by atoms with Crippen molar-refractivity contribution in [2.24, 2.45) is 10.7 Å². The Hall–Kier alpha value is -2.40. The summed E-state index contributed by atoms with van der Waals surface area (Å²) in [6.07, 6.45) is -4.58. The van der Waals surface area contributed by atoms with Crippen LogP contribution >= 0.6 is 11.8 Å². The van der Waals surface area contributed by atoms with E-state index < -0.39 is 37.3 Å². The molecule has 0 amide bonds. The number of aliphatic imine (C=N–C) groups is 1. The Balaban J connectivity index is 1.48. The Morgan fingerprint density at radius 2 is 1.68 bits per heavy atom. The molecule has 9 heteroatoms. The van der Waals surface area contributed by atoms with E-state index in [0.29, 0.717) is 10.9 Å². The zero-order chi connectivity index (χ0) is 22.0. The van der Waals surface area contributed by atoms with E-state index >= 15 is 0 Å². The van der Waals surface area contributed by atoms with E-state index in [9.17, 15) is 20.4 Å². The number of ether oxygens (including phenoxy) is 2. The van der Waals surface area contributed by atoms with Crippen molar-refractivity contribution in [3.8, 4) is 5.75 Å². The van der Waals surface area contributed by atoms with E-state index in [1.54, 1.807) is 12.1 Å². The van der Waals surface area contributed by atoms with Crippen molar-refractivity contribution in [1.29, 1.82) is 0 Å². The molecule has 31 heavy (non-hydrogen) atoms. The third kappa shape index (κ3) is 4.77. The summed E-state index contributed by atoms with van der Waals surface area (Å²) in [6.45, 7) is -0.512. The number of nitrogens with zero attached hydrogens (tertiary/aromatic N) is 1. The number of amidine groups is 1. The van der Waals surface area contributed by atoms with E-state index in [0.717, 1.165) is 16.8 Å². The predicted molar refractivity (Wildman–Crippen MR) is 117 cm³/mol. The minimum Gasteiger partial charge on any atom is -0.462 e. The molecule has 2 aliphatic rings. The number of rotatable bonds is 5. The maximum atomic E-state index is 10.1. The van der Waals surface area contributed by atoms with Gasteiger partial charge in [-0.2, -0.15) is 0 Å². The lowest BCUT2D eigenvalue weighted by atomic mass is 9.99. The van der Waals surface area contributed by atoms with Gasteiger partial charge < -0.3 is 35.6 Å². The molecule has 0 aromatic heterocycles. The maximum absolute atomic E-state index is 10.1. The summed E-state index contributed by atoms with van der Waals surface area (Å²) in [5, 5.41) is 39.6. The second-order valence-electron chi connectivity index (χ2n) is 7.29. The van der Waals surface area contributed by atoms with Crippen molar-refractivity contribution in [3.05, 3.63) is 71.8 Å². The third-order valence-corrected chi connectivity index (χ3v) is 6.16. The first-order valence-electron chi connectivity index (χ1n) is 9.81. The largest absolute Gasteiger partial charge is 0.462 e. The first kappa shape index (κ1) is 21.8. The number of thioether (sulfide) groups is 1. The van der Waals surface area contributed by atoms with Crippen LogP contribution < -0.4 is 10.5 Å².